The van der Waals surface area contributed by atoms with Crippen LogP contribution in [-0.2, 0) is 9.53 Å². The van der Waals surface area contributed by atoms with Crippen LogP contribution in [0.1, 0.15) is 26.7 Å². The summed E-state index contributed by atoms with van der Waals surface area (Å²) < 4.78 is 5.04. The maximum atomic E-state index is 11.5. The maximum Gasteiger partial charge on any atom is 0.336 e. The number of nitrogens with zero attached hydrogens (tertiary/aromatic N) is 1. The number of ether oxygens (including phenoxy) is 1. The molecule has 104 valence electrons. The van der Waals surface area contributed by atoms with E-state index in [0.717, 1.165) is 31.6 Å². The summed E-state index contributed by atoms with van der Waals surface area (Å²) in [6.45, 7) is 5.93. The van der Waals surface area contributed by atoms with Crippen LogP contribution < -0.4 is 5.32 Å². The summed E-state index contributed by atoms with van der Waals surface area (Å²) in [4.78, 5) is 13.3. The zero-order valence-corrected chi connectivity index (χ0v) is 11.4. The second kappa shape index (κ2) is 4.35. The lowest BCUT2D eigenvalue weighted by Crippen LogP contribution is -2.47. The minimum absolute atomic E-state index is 0.176. The van der Waals surface area contributed by atoms with Crippen LogP contribution in [0.3, 0.4) is 0 Å². The minimum Gasteiger partial charge on any atom is -0.456 e. The van der Waals surface area contributed by atoms with Gasteiger partial charge in [-0.25, -0.2) is 4.79 Å². The number of piperidine rings is 1. The minimum atomic E-state index is -0.589. The molecule has 0 saturated carbocycles. The molecule has 3 aliphatic rings. The Hall–Kier alpha value is -1.33. The van der Waals surface area contributed by atoms with Crippen molar-refractivity contribution in [2.75, 3.05) is 19.7 Å². The van der Waals surface area contributed by atoms with Gasteiger partial charge in [-0.05, 0) is 45.4 Å². The van der Waals surface area contributed by atoms with Crippen LogP contribution in [0.25, 0.3) is 0 Å². The van der Waals surface area contributed by atoms with Gasteiger partial charge in [0.2, 0.25) is 0 Å². The third-order valence-electron chi connectivity index (χ3n) is 4.76. The van der Waals surface area contributed by atoms with Crippen LogP contribution in [0.2, 0.25) is 0 Å². The summed E-state index contributed by atoms with van der Waals surface area (Å²) in [6.07, 6.45) is 3.24. The highest BCUT2D eigenvalue weighted by Gasteiger charge is 2.49. The molecule has 1 saturated heterocycles. The van der Waals surface area contributed by atoms with E-state index in [4.69, 9.17) is 4.74 Å². The number of aliphatic hydroxyl groups excluding tert-OH is 1. The van der Waals surface area contributed by atoms with E-state index in [1.54, 1.807) is 6.92 Å². The lowest BCUT2D eigenvalue weighted by atomic mass is 9.73. The average Bonchev–Trinajstić information content (AvgIpc) is 2.86. The first-order valence-electron chi connectivity index (χ1n) is 6.79. The lowest BCUT2D eigenvalue weighted by molar-refractivity contribution is -0.136. The fraction of sp³-hybridized carbons (Fsp3) is 0.643. The van der Waals surface area contributed by atoms with Crippen LogP contribution in [-0.4, -0.2) is 41.9 Å². The van der Waals surface area contributed by atoms with Gasteiger partial charge in [-0.2, -0.15) is 0 Å². The Morgan fingerprint density at radius 2 is 2.11 bits per heavy atom. The van der Waals surface area contributed by atoms with Crippen molar-refractivity contribution in [3.05, 3.63) is 23.0 Å². The molecule has 1 unspecified atom stereocenters. The first-order chi connectivity index (χ1) is 9.06. The first kappa shape index (κ1) is 12.7. The summed E-state index contributed by atoms with van der Waals surface area (Å²) in [5.74, 6) is -0.278. The van der Waals surface area contributed by atoms with Gasteiger partial charge < -0.3 is 20.1 Å². The van der Waals surface area contributed by atoms with Gasteiger partial charge in [-0.15, -0.1) is 0 Å². The van der Waals surface area contributed by atoms with Gasteiger partial charge in [-0.1, -0.05) is 0 Å². The lowest BCUT2D eigenvalue weighted by Gasteiger charge is -2.40. The van der Waals surface area contributed by atoms with Gasteiger partial charge >= 0.3 is 5.97 Å². The summed E-state index contributed by atoms with van der Waals surface area (Å²) in [7, 11) is 0. The number of hydrogen-bond donors (Lipinski definition) is 2. The summed E-state index contributed by atoms with van der Waals surface area (Å²) in [5.41, 5.74) is 2.42. The van der Waals surface area contributed by atoms with Crippen molar-refractivity contribution in [3.63, 3.8) is 0 Å². The van der Waals surface area contributed by atoms with Crippen LogP contribution in [0.4, 0.5) is 0 Å². The van der Waals surface area contributed by atoms with E-state index in [2.05, 4.69) is 12.2 Å². The highest BCUT2D eigenvalue weighted by molar-refractivity contribution is 5.91. The SMILES string of the molecule is CC1=CN(C2=C(C)C(=O)OC2)C(O)C12CCNCC2. The average molecular weight is 264 g/mol. The summed E-state index contributed by atoms with van der Waals surface area (Å²) >= 11 is 0. The molecule has 0 aromatic carbocycles. The van der Waals surface area contributed by atoms with E-state index in [1.807, 2.05) is 11.1 Å². The topological polar surface area (TPSA) is 61.8 Å². The second-order valence-electron chi connectivity index (χ2n) is 5.65. The van der Waals surface area contributed by atoms with Crippen molar-refractivity contribution < 1.29 is 14.6 Å². The van der Waals surface area contributed by atoms with Crippen molar-refractivity contribution in [2.45, 2.75) is 32.9 Å². The molecule has 1 spiro atoms. The number of aliphatic hydroxyl groups is 1. The van der Waals surface area contributed by atoms with Crippen LogP contribution in [0.15, 0.2) is 23.0 Å². The monoisotopic (exact) mass is 264 g/mol. The normalized spacial score (nSPS) is 30.1. The number of rotatable bonds is 1. The smallest absolute Gasteiger partial charge is 0.336 e. The number of hydrogen-bond acceptors (Lipinski definition) is 5. The van der Waals surface area contributed by atoms with Crippen molar-refractivity contribution in [2.24, 2.45) is 5.41 Å². The molecular weight excluding hydrogens is 244 g/mol. The molecule has 0 amide bonds. The Morgan fingerprint density at radius 1 is 1.42 bits per heavy atom. The number of esters is 1. The molecule has 3 rings (SSSR count). The molecule has 5 heteroatoms. The molecule has 0 radical (unpaired) electrons. The third-order valence-corrected chi connectivity index (χ3v) is 4.76. The van der Waals surface area contributed by atoms with E-state index in [0.29, 0.717) is 5.57 Å². The molecule has 3 heterocycles. The first-order valence-corrected chi connectivity index (χ1v) is 6.79. The largest absolute Gasteiger partial charge is 0.456 e. The number of cyclic esters (lactones) is 1. The Morgan fingerprint density at radius 3 is 2.68 bits per heavy atom. The Kier molecular flexibility index (Phi) is 2.91. The zero-order valence-electron chi connectivity index (χ0n) is 11.4. The Bertz CT molecular complexity index is 475. The predicted molar refractivity (Wildman–Crippen MR) is 69.8 cm³/mol. The molecule has 0 bridgehead atoms. The van der Waals surface area contributed by atoms with Crippen molar-refractivity contribution in [3.8, 4) is 0 Å². The van der Waals surface area contributed by atoms with Crippen molar-refractivity contribution >= 4 is 5.97 Å². The fourth-order valence-electron chi connectivity index (χ4n) is 3.37. The summed E-state index contributed by atoms with van der Waals surface area (Å²) in [6, 6.07) is 0. The molecule has 2 N–H and O–H groups in total. The number of carbonyl (C=O) groups excluding carboxylic acids is 1. The summed E-state index contributed by atoms with van der Waals surface area (Å²) in [5, 5.41) is 14.1. The van der Waals surface area contributed by atoms with E-state index in [9.17, 15) is 9.90 Å². The third kappa shape index (κ3) is 1.72. The molecule has 0 aliphatic carbocycles. The zero-order chi connectivity index (χ0) is 13.6. The molecule has 1 atom stereocenters. The second-order valence-corrected chi connectivity index (χ2v) is 5.65. The van der Waals surface area contributed by atoms with Crippen LogP contribution in [0.5, 0.6) is 0 Å². The van der Waals surface area contributed by atoms with Crippen LogP contribution in [0, 0.1) is 5.41 Å². The highest BCUT2D eigenvalue weighted by atomic mass is 16.5. The predicted octanol–water partition coefficient (Wildman–Crippen LogP) is 0.725. The Balaban J connectivity index is 1.93. The quantitative estimate of drug-likeness (QED) is 0.684. The van der Waals surface area contributed by atoms with E-state index in [-0.39, 0.29) is 18.0 Å². The van der Waals surface area contributed by atoms with Gasteiger partial charge in [0.15, 0.2) is 0 Å². The van der Waals surface area contributed by atoms with Crippen molar-refractivity contribution in [1.82, 2.24) is 10.2 Å². The molecule has 5 nitrogen and oxygen atoms in total. The number of nitrogens with one attached hydrogen (secondary N) is 1. The van der Waals surface area contributed by atoms with E-state index < -0.39 is 6.23 Å². The molecule has 1 fully saturated rings. The van der Waals surface area contributed by atoms with Gasteiger partial charge in [0.05, 0.1) is 11.3 Å². The van der Waals surface area contributed by atoms with Crippen molar-refractivity contribution in [1.29, 1.82) is 0 Å². The van der Waals surface area contributed by atoms with Gasteiger partial charge in [0.1, 0.15) is 12.8 Å². The molecular formula is C14H20N2O3. The standard InChI is InChI=1S/C14H20N2O3/c1-9-7-16(11-8-19-12(17)10(11)2)13(18)14(9)3-5-15-6-4-14/h7,13,15,18H,3-6,8H2,1-2H3. The van der Waals surface area contributed by atoms with E-state index in [1.165, 1.54) is 5.57 Å². The maximum absolute atomic E-state index is 11.5. The molecule has 0 aromatic rings. The molecule has 0 aromatic heterocycles. The number of carbonyl (C=O) groups is 1. The fourth-order valence-corrected chi connectivity index (χ4v) is 3.37. The van der Waals surface area contributed by atoms with Gasteiger partial charge in [0, 0.05) is 11.6 Å². The highest BCUT2D eigenvalue weighted by Crippen LogP contribution is 2.47. The van der Waals surface area contributed by atoms with E-state index >= 15 is 0 Å². The molecule has 19 heavy (non-hydrogen) atoms. The van der Waals surface area contributed by atoms with Gasteiger partial charge in [0.25, 0.3) is 0 Å². The Labute approximate surface area is 112 Å². The van der Waals surface area contributed by atoms with Gasteiger partial charge in [-0.3, -0.25) is 0 Å². The van der Waals surface area contributed by atoms with Crippen LogP contribution >= 0.6 is 0 Å². The molecule has 3 aliphatic heterocycles.